The maximum atomic E-state index is 12.8. The molecule has 3 rings (SSSR count). The van der Waals surface area contributed by atoms with Crippen LogP contribution in [-0.4, -0.2) is 96.9 Å². The van der Waals surface area contributed by atoms with Crippen molar-refractivity contribution in [1.82, 2.24) is 14.7 Å². The Labute approximate surface area is 168 Å². The van der Waals surface area contributed by atoms with Crippen LogP contribution in [0.5, 0.6) is 0 Å². The Balaban J connectivity index is 1.46. The molecule has 6 nitrogen and oxygen atoms in total. The van der Waals surface area contributed by atoms with E-state index in [1.54, 1.807) is 0 Å². The summed E-state index contributed by atoms with van der Waals surface area (Å²) in [5, 5.41) is 18.8. The Hall–Kier alpha value is -1.47. The molecule has 2 N–H and O–H groups in total. The molecule has 2 saturated heterocycles. The monoisotopic (exact) mass is 389 g/mol. The first-order valence-corrected chi connectivity index (χ1v) is 10.6. The van der Waals surface area contributed by atoms with Crippen molar-refractivity contribution in [1.29, 1.82) is 0 Å². The molecule has 1 amide bonds. The summed E-state index contributed by atoms with van der Waals surface area (Å²) in [6, 6.07) is 10.7. The largest absolute Gasteiger partial charge is 0.396 e. The quantitative estimate of drug-likeness (QED) is 0.690. The first-order chi connectivity index (χ1) is 13.6. The normalized spacial score (nSPS) is 24.2. The fourth-order valence-corrected chi connectivity index (χ4v) is 4.66. The number of rotatable bonds is 8. The van der Waals surface area contributed by atoms with E-state index in [4.69, 9.17) is 5.11 Å². The summed E-state index contributed by atoms with van der Waals surface area (Å²) < 4.78 is 0. The molecule has 156 valence electrons. The second-order valence-corrected chi connectivity index (χ2v) is 8.45. The SMILES string of the molecule is CN(CCO)C[C@@H]1CN(C(=O)CN2CCC(c3ccccc3)CC2)C[C@@H]1CO. The Morgan fingerprint density at radius 1 is 1.11 bits per heavy atom. The summed E-state index contributed by atoms with van der Waals surface area (Å²) >= 11 is 0. The lowest BCUT2D eigenvalue weighted by Crippen LogP contribution is -2.42. The van der Waals surface area contributed by atoms with Gasteiger partial charge >= 0.3 is 0 Å². The molecule has 28 heavy (non-hydrogen) atoms. The van der Waals surface area contributed by atoms with Crippen molar-refractivity contribution >= 4 is 5.91 Å². The lowest BCUT2D eigenvalue weighted by Gasteiger charge is -2.32. The fourth-order valence-electron chi connectivity index (χ4n) is 4.66. The third kappa shape index (κ3) is 5.54. The van der Waals surface area contributed by atoms with E-state index in [1.165, 1.54) is 5.56 Å². The zero-order chi connectivity index (χ0) is 19.9. The number of hydrogen-bond donors (Lipinski definition) is 2. The molecule has 0 aliphatic carbocycles. The van der Waals surface area contributed by atoms with Crippen LogP contribution in [0.25, 0.3) is 0 Å². The van der Waals surface area contributed by atoms with Crippen molar-refractivity contribution < 1.29 is 15.0 Å². The minimum absolute atomic E-state index is 0.115. The van der Waals surface area contributed by atoms with E-state index in [0.29, 0.717) is 32.1 Å². The van der Waals surface area contributed by atoms with Crippen LogP contribution in [0.1, 0.15) is 24.3 Å². The van der Waals surface area contributed by atoms with Gasteiger partial charge in [-0.2, -0.15) is 0 Å². The molecule has 0 radical (unpaired) electrons. The van der Waals surface area contributed by atoms with E-state index in [-0.39, 0.29) is 31.0 Å². The summed E-state index contributed by atoms with van der Waals surface area (Å²) in [6.07, 6.45) is 2.20. The first kappa shape index (κ1) is 21.2. The highest BCUT2D eigenvalue weighted by Gasteiger charge is 2.35. The van der Waals surface area contributed by atoms with Gasteiger partial charge in [-0.25, -0.2) is 0 Å². The highest BCUT2D eigenvalue weighted by Crippen LogP contribution is 2.28. The average Bonchev–Trinajstić information content (AvgIpc) is 3.12. The van der Waals surface area contributed by atoms with Crippen molar-refractivity contribution in [2.24, 2.45) is 11.8 Å². The van der Waals surface area contributed by atoms with Crippen LogP contribution in [0.3, 0.4) is 0 Å². The third-order valence-corrected chi connectivity index (χ3v) is 6.41. The molecule has 0 saturated carbocycles. The number of amides is 1. The minimum Gasteiger partial charge on any atom is -0.396 e. The van der Waals surface area contributed by atoms with Gasteiger partial charge in [0.25, 0.3) is 0 Å². The van der Waals surface area contributed by atoms with E-state index >= 15 is 0 Å². The molecule has 0 spiro atoms. The van der Waals surface area contributed by atoms with Gasteiger partial charge in [-0.3, -0.25) is 9.69 Å². The van der Waals surface area contributed by atoms with E-state index in [1.807, 2.05) is 11.9 Å². The zero-order valence-corrected chi connectivity index (χ0v) is 17.0. The highest BCUT2D eigenvalue weighted by molar-refractivity contribution is 5.78. The Morgan fingerprint density at radius 2 is 1.79 bits per heavy atom. The van der Waals surface area contributed by atoms with Crippen molar-refractivity contribution in [2.45, 2.75) is 18.8 Å². The summed E-state index contributed by atoms with van der Waals surface area (Å²) in [5.74, 6) is 1.19. The van der Waals surface area contributed by atoms with E-state index in [9.17, 15) is 9.90 Å². The smallest absolute Gasteiger partial charge is 0.236 e. The van der Waals surface area contributed by atoms with Gasteiger partial charge in [0.1, 0.15) is 0 Å². The van der Waals surface area contributed by atoms with Crippen molar-refractivity contribution in [3.05, 3.63) is 35.9 Å². The van der Waals surface area contributed by atoms with Gasteiger partial charge in [0.15, 0.2) is 0 Å². The molecule has 1 aromatic carbocycles. The molecular formula is C22H35N3O3. The topological polar surface area (TPSA) is 67.2 Å². The van der Waals surface area contributed by atoms with Crippen LogP contribution in [-0.2, 0) is 4.79 Å². The molecular weight excluding hydrogens is 354 g/mol. The van der Waals surface area contributed by atoms with Crippen LogP contribution in [0.4, 0.5) is 0 Å². The Kier molecular flexibility index (Phi) is 7.85. The second-order valence-electron chi connectivity index (χ2n) is 8.45. The molecule has 6 heteroatoms. The predicted molar refractivity (Wildman–Crippen MR) is 110 cm³/mol. The van der Waals surface area contributed by atoms with E-state index < -0.39 is 0 Å². The average molecular weight is 390 g/mol. The lowest BCUT2D eigenvalue weighted by molar-refractivity contribution is -0.131. The predicted octanol–water partition coefficient (Wildman–Crippen LogP) is 0.857. The third-order valence-electron chi connectivity index (χ3n) is 6.41. The summed E-state index contributed by atoms with van der Waals surface area (Å²) in [4.78, 5) is 19.1. The lowest BCUT2D eigenvalue weighted by atomic mass is 9.89. The number of piperidine rings is 1. The molecule has 1 aromatic rings. The van der Waals surface area contributed by atoms with E-state index in [0.717, 1.165) is 32.5 Å². The van der Waals surface area contributed by atoms with Gasteiger partial charge in [0.05, 0.1) is 13.2 Å². The number of aliphatic hydroxyl groups excluding tert-OH is 2. The van der Waals surface area contributed by atoms with Crippen LogP contribution in [0, 0.1) is 11.8 Å². The van der Waals surface area contributed by atoms with Gasteiger partial charge < -0.3 is 20.0 Å². The zero-order valence-electron chi connectivity index (χ0n) is 17.0. The summed E-state index contributed by atoms with van der Waals surface area (Å²) in [7, 11) is 1.98. The van der Waals surface area contributed by atoms with E-state index in [2.05, 4.69) is 40.1 Å². The first-order valence-electron chi connectivity index (χ1n) is 10.6. The Bertz CT molecular complexity index is 604. The van der Waals surface area contributed by atoms with Gasteiger partial charge in [-0.1, -0.05) is 30.3 Å². The molecule has 0 bridgehead atoms. The molecule has 0 unspecified atom stereocenters. The molecule has 2 aliphatic rings. The number of carbonyl (C=O) groups is 1. The summed E-state index contributed by atoms with van der Waals surface area (Å²) in [6.45, 7) is 5.44. The maximum absolute atomic E-state index is 12.8. The van der Waals surface area contributed by atoms with Gasteiger partial charge in [0, 0.05) is 38.7 Å². The standard InChI is InChI=1S/C22H35N3O3/c1-23(11-12-26)13-20-14-25(15-21(20)17-27)22(28)16-24-9-7-19(8-10-24)18-5-3-2-4-6-18/h2-6,19-21,26-27H,7-17H2,1H3/t20-,21-/m1/s1. The van der Waals surface area contributed by atoms with Crippen molar-refractivity contribution in [3.8, 4) is 0 Å². The van der Waals surface area contributed by atoms with Crippen molar-refractivity contribution in [3.63, 3.8) is 0 Å². The van der Waals surface area contributed by atoms with Crippen LogP contribution >= 0.6 is 0 Å². The number of nitrogens with zero attached hydrogens (tertiary/aromatic N) is 3. The molecule has 2 aliphatic heterocycles. The van der Waals surface area contributed by atoms with Crippen LogP contribution < -0.4 is 0 Å². The summed E-state index contributed by atoms with van der Waals surface area (Å²) in [5.41, 5.74) is 1.41. The number of aliphatic hydroxyl groups is 2. The second kappa shape index (κ2) is 10.3. The highest BCUT2D eigenvalue weighted by atomic mass is 16.3. The van der Waals surface area contributed by atoms with Crippen LogP contribution in [0.15, 0.2) is 30.3 Å². The van der Waals surface area contributed by atoms with Gasteiger partial charge in [-0.15, -0.1) is 0 Å². The number of likely N-dealkylation sites (N-methyl/N-ethyl adjacent to an activating group) is 1. The maximum Gasteiger partial charge on any atom is 0.236 e. The van der Waals surface area contributed by atoms with Crippen LogP contribution in [0.2, 0.25) is 0 Å². The molecule has 2 fully saturated rings. The number of carbonyl (C=O) groups excluding carboxylic acids is 1. The minimum atomic E-state index is 0.115. The molecule has 2 heterocycles. The van der Waals surface area contributed by atoms with Gasteiger partial charge in [0.2, 0.25) is 5.91 Å². The Morgan fingerprint density at radius 3 is 2.43 bits per heavy atom. The van der Waals surface area contributed by atoms with Crippen molar-refractivity contribution in [2.75, 3.05) is 66.1 Å². The number of likely N-dealkylation sites (tertiary alicyclic amines) is 2. The molecule has 0 aromatic heterocycles. The number of benzene rings is 1. The van der Waals surface area contributed by atoms with Gasteiger partial charge in [-0.05, 0) is 50.4 Å². The fraction of sp³-hybridized carbons (Fsp3) is 0.682. The number of hydrogen-bond acceptors (Lipinski definition) is 5. The molecule has 2 atom stereocenters.